The molecule has 0 aromatic heterocycles. The van der Waals surface area contributed by atoms with E-state index in [0.29, 0.717) is 12.1 Å². The molecular formula is C15H24N2O. The van der Waals surface area contributed by atoms with Crippen LogP contribution in [0.15, 0.2) is 24.3 Å². The van der Waals surface area contributed by atoms with E-state index in [1.165, 1.54) is 11.3 Å². The molecule has 1 aliphatic rings. The number of benzene rings is 1. The summed E-state index contributed by atoms with van der Waals surface area (Å²) in [7, 11) is 1.81. The highest BCUT2D eigenvalue weighted by atomic mass is 16.5. The van der Waals surface area contributed by atoms with Crippen molar-refractivity contribution in [2.24, 2.45) is 5.73 Å². The largest absolute Gasteiger partial charge is 0.381 e. The normalized spacial score (nSPS) is 24.3. The zero-order chi connectivity index (χ0) is 13.0. The summed E-state index contributed by atoms with van der Waals surface area (Å²) in [5, 5.41) is 0. The molecule has 1 aliphatic heterocycles. The van der Waals surface area contributed by atoms with Gasteiger partial charge in [0.2, 0.25) is 0 Å². The number of rotatable bonds is 4. The van der Waals surface area contributed by atoms with Gasteiger partial charge in [-0.2, -0.15) is 0 Å². The van der Waals surface area contributed by atoms with Gasteiger partial charge in [0.25, 0.3) is 0 Å². The van der Waals surface area contributed by atoms with Crippen LogP contribution in [0.1, 0.15) is 25.3 Å². The van der Waals surface area contributed by atoms with Crippen LogP contribution >= 0.6 is 0 Å². The lowest BCUT2D eigenvalue weighted by Gasteiger charge is -2.38. The van der Waals surface area contributed by atoms with Crippen molar-refractivity contribution in [1.82, 2.24) is 0 Å². The Kier molecular flexibility index (Phi) is 4.61. The van der Waals surface area contributed by atoms with E-state index in [9.17, 15) is 0 Å². The molecular weight excluding hydrogens is 224 g/mol. The molecule has 3 heteroatoms. The highest BCUT2D eigenvalue weighted by Gasteiger charge is 2.25. The molecule has 100 valence electrons. The third kappa shape index (κ3) is 3.03. The third-order valence-corrected chi connectivity index (χ3v) is 3.86. The van der Waals surface area contributed by atoms with E-state index in [-0.39, 0.29) is 0 Å². The SMILES string of the molecule is COC1CCN(c2ccc(CCN)cc2)C(C)C1. The Balaban J connectivity index is 2.03. The van der Waals surface area contributed by atoms with Crippen molar-refractivity contribution >= 4 is 5.69 Å². The molecule has 0 spiro atoms. The molecule has 2 unspecified atom stereocenters. The number of nitrogens with two attached hydrogens (primary N) is 1. The van der Waals surface area contributed by atoms with E-state index in [1.807, 2.05) is 7.11 Å². The zero-order valence-corrected chi connectivity index (χ0v) is 11.4. The quantitative estimate of drug-likeness (QED) is 0.887. The van der Waals surface area contributed by atoms with E-state index in [1.54, 1.807) is 0 Å². The number of ether oxygens (including phenoxy) is 1. The lowest BCUT2D eigenvalue weighted by molar-refractivity contribution is 0.0721. The molecule has 2 N–H and O–H groups in total. The molecule has 1 saturated heterocycles. The van der Waals surface area contributed by atoms with E-state index in [2.05, 4.69) is 36.1 Å². The number of hydrogen-bond acceptors (Lipinski definition) is 3. The minimum Gasteiger partial charge on any atom is -0.381 e. The van der Waals surface area contributed by atoms with Gasteiger partial charge in [-0.1, -0.05) is 12.1 Å². The first-order valence-corrected chi connectivity index (χ1v) is 6.83. The third-order valence-electron chi connectivity index (χ3n) is 3.86. The average Bonchev–Trinajstić information content (AvgIpc) is 2.40. The Bertz CT molecular complexity index is 363. The number of piperidine rings is 1. The van der Waals surface area contributed by atoms with Crippen LogP contribution in [0.25, 0.3) is 0 Å². The topological polar surface area (TPSA) is 38.5 Å². The van der Waals surface area contributed by atoms with Crippen LogP contribution in [0, 0.1) is 0 Å². The molecule has 0 bridgehead atoms. The Hall–Kier alpha value is -1.06. The summed E-state index contributed by atoms with van der Waals surface area (Å²) in [6.07, 6.45) is 3.61. The maximum atomic E-state index is 5.57. The van der Waals surface area contributed by atoms with Crippen LogP contribution in [0.3, 0.4) is 0 Å². The summed E-state index contributed by atoms with van der Waals surface area (Å²) >= 11 is 0. The minimum atomic E-state index is 0.424. The monoisotopic (exact) mass is 248 g/mol. The highest BCUT2D eigenvalue weighted by molar-refractivity contribution is 5.49. The Morgan fingerprint density at radius 3 is 2.61 bits per heavy atom. The first-order chi connectivity index (χ1) is 8.74. The first kappa shape index (κ1) is 13.4. The predicted octanol–water partition coefficient (Wildman–Crippen LogP) is 2.19. The van der Waals surface area contributed by atoms with Crippen LogP contribution in [-0.4, -0.2) is 32.3 Å². The standard InChI is InChI=1S/C15H24N2O/c1-12-11-15(18-2)8-10-17(12)14-5-3-13(4-6-14)7-9-16/h3-6,12,15H,7-11,16H2,1-2H3. The molecule has 2 rings (SSSR count). The second-order valence-electron chi connectivity index (χ2n) is 5.13. The van der Waals surface area contributed by atoms with Crippen molar-refractivity contribution in [2.45, 2.75) is 38.3 Å². The van der Waals surface area contributed by atoms with E-state index < -0.39 is 0 Å². The van der Waals surface area contributed by atoms with Crippen molar-refractivity contribution in [3.8, 4) is 0 Å². The molecule has 18 heavy (non-hydrogen) atoms. The van der Waals surface area contributed by atoms with Crippen molar-refractivity contribution in [2.75, 3.05) is 25.1 Å². The summed E-state index contributed by atoms with van der Waals surface area (Å²) in [5.74, 6) is 0. The van der Waals surface area contributed by atoms with Gasteiger partial charge in [0.15, 0.2) is 0 Å². The first-order valence-electron chi connectivity index (χ1n) is 6.83. The lowest BCUT2D eigenvalue weighted by atomic mass is 9.99. The Morgan fingerprint density at radius 1 is 1.33 bits per heavy atom. The van der Waals surface area contributed by atoms with Gasteiger partial charge in [-0.05, 0) is 50.4 Å². The smallest absolute Gasteiger partial charge is 0.0607 e. The maximum Gasteiger partial charge on any atom is 0.0607 e. The van der Waals surface area contributed by atoms with E-state index in [4.69, 9.17) is 10.5 Å². The summed E-state index contributed by atoms with van der Waals surface area (Å²) in [5.41, 5.74) is 8.21. The van der Waals surface area contributed by atoms with Crippen LogP contribution in [0.4, 0.5) is 5.69 Å². The molecule has 0 saturated carbocycles. The van der Waals surface area contributed by atoms with Gasteiger partial charge in [0, 0.05) is 25.4 Å². The molecule has 1 heterocycles. The number of anilines is 1. The Labute approximate surface area is 110 Å². The van der Waals surface area contributed by atoms with Crippen LogP contribution in [0.5, 0.6) is 0 Å². The van der Waals surface area contributed by atoms with Crippen molar-refractivity contribution in [3.63, 3.8) is 0 Å². The van der Waals surface area contributed by atoms with Gasteiger partial charge in [-0.3, -0.25) is 0 Å². The maximum absolute atomic E-state index is 5.57. The van der Waals surface area contributed by atoms with Crippen LogP contribution in [-0.2, 0) is 11.2 Å². The van der Waals surface area contributed by atoms with Gasteiger partial charge in [-0.25, -0.2) is 0 Å². The molecule has 3 nitrogen and oxygen atoms in total. The second kappa shape index (κ2) is 6.21. The minimum absolute atomic E-state index is 0.424. The fourth-order valence-corrected chi connectivity index (χ4v) is 2.75. The summed E-state index contributed by atoms with van der Waals surface area (Å²) < 4.78 is 5.46. The van der Waals surface area contributed by atoms with Gasteiger partial charge in [0.05, 0.1) is 6.10 Å². The van der Waals surface area contributed by atoms with Gasteiger partial charge in [-0.15, -0.1) is 0 Å². The fraction of sp³-hybridized carbons (Fsp3) is 0.600. The predicted molar refractivity (Wildman–Crippen MR) is 76.0 cm³/mol. The molecule has 0 radical (unpaired) electrons. The summed E-state index contributed by atoms with van der Waals surface area (Å²) in [6, 6.07) is 9.36. The van der Waals surface area contributed by atoms with E-state index >= 15 is 0 Å². The average molecular weight is 248 g/mol. The number of nitrogens with zero attached hydrogens (tertiary/aromatic N) is 1. The number of methoxy groups -OCH3 is 1. The van der Waals surface area contributed by atoms with E-state index in [0.717, 1.165) is 32.4 Å². The van der Waals surface area contributed by atoms with Crippen molar-refractivity contribution in [1.29, 1.82) is 0 Å². The molecule has 2 atom stereocenters. The van der Waals surface area contributed by atoms with Gasteiger partial charge in [0.1, 0.15) is 0 Å². The molecule has 0 amide bonds. The lowest BCUT2D eigenvalue weighted by Crippen LogP contribution is -2.43. The molecule has 0 aliphatic carbocycles. The van der Waals surface area contributed by atoms with Crippen molar-refractivity contribution in [3.05, 3.63) is 29.8 Å². The second-order valence-corrected chi connectivity index (χ2v) is 5.13. The van der Waals surface area contributed by atoms with Gasteiger partial charge < -0.3 is 15.4 Å². The molecule has 1 aromatic carbocycles. The number of hydrogen-bond donors (Lipinski definition) is 1. The Morgan fingerprint density at radius 2 is 2.06 bits per heavy atom. The summed E-state index contributed by atoms with van der Waals surface area (Å²) in [6.45, 7) is 4.07. The van der Waals surface area contributed by atoms with Crippen molar-refractivity contribution < 1.29 is 4.74 Å². The fourth-order valence-electron chi connectivity index (χ4n) is 2.75. The zero-order valence-electron chi connectivity index (χ0n) is 11.4. The van der Waals surface area contributed by atoms with Crippen LogP contribution < -0.4 is 10.6 Å². The molecule has 1 fully saturated rings. The van der Waals surface area contributed by atoms with Crippen LogP contribution in [0.2, 0.25) is 0 Å². The summed E-state index contributed by atoms with van der Waals surface area (Å²) in [4.78, 5) is 2.47. The van der Waals surface area contributed by atoms with Gasteiger partial charge >= 0.3 is 0 Å². The molecule has 1 aromatic rings. The highest BCUT2D eigenvalue weighted by Crippen LogP contribution is 2.26.